The van der Waals surface area contributed by atoms with Crippen molar-refractivity contribution in [2.24, 2.45) is 0 Å². The fourth-order valence-corrected chi connectivity index (χ4v) is 5.08. The molecule has 1 aliphatic rings. The maximum absolute atomic E-state index is 14.1. The van der Waals surface area contributed by atoms with Gasteiger partial charge in [0, 0.05) is 17.5 Å². The number of ketones is 1. The maximum Gasteiger partial charge on any atom is 0.214 e. The predicted molar refractivity (Wildman–Crippen MR) is 122 cm³/mol. The molecule has 0 spiro atoms. The first-order chi connectivity index (χ1) is 15.2. The zero-order chi connectivity index (χ0) is 23.0. The fraction of sp³-hybridized carbons (Fsp3) is 0.160. The molecule has 0 bridgehead atoms. The molecular weight excluding hydrogens is 429 g/mol. The van der Waals surface area contributed by atoms with Gasteiger partial charge in [0.1, 0.15) is 16.5 Å². The minimum atomic E-state index is -4.15. The van der Waals surface area contributed by atoms with Crippen LogP contribution in [0.2, 0.25) is 0 Å². The molecule has 7 heteroatoms. The summed E-state index contributed by atoms with van der Waals surface area (Å²) in [4.78, 5) is 14.3. The van der Waals surface area contributed by atoms with Crippen molar-refractivity contribution in [1.29, 1.82) is 0 Å². The highest BCUT2D eigenvalue weighted by Crippen LogP contribution is 2.41. The van der Waals surface area contributed by atoms with Crippen LogP contribution >= 0.6 is 0 Å². The van der Waals surface area contributed by atoms with Crippen LogP contribution in [0, 0.1) is 19.7 Å². The molecule has 0 atom stereocenters. The average molecular weight is 452 g/mol. The minimum Gasteiger partial charge on any atom is -0.494 e. The number of fused-ring (bicyclic) bond motifs is 1. The first-order valence-corrected chi connectivity index (χ1v) is 11.6. The zero-order valence-electron chi connectivity index (χ0n) is 17.9. The van der Waals surface area contributed by atoms with Gasteiger partial charge < -0.3 is 9.64 Å². The minimum absolute atomic E-state index is 0.117. The number of sulfone groups is 1. The Labute approximate surface area is 186 Å². The summed E-state index contributed by atoms with van der Waals surface area (Å²) in [7, 11) is -4.15. The number of carbonyl (C=O) groups excluding carboxylic acids is 1. The lowest BCUT2D eigenvalue weighted by Gasteiger charge is -2.29. The molecule has 0 fully saturated rings. The number of Topliss-reactive ketones (excluding diaryl/α,β-unsaturated/α-hetero) is 1. The second-order valence-electron chi connectivity index (χ2n) is 7.53. The fourth-order valence-electron chi connectivity index (χ4n) is 3.56. The van der Waals surface area contributed by atoms with E-state index in [2.05, 4.69) is 0 Å². The molecular formula is C25H22FNO4S. The number of nitrogens with zero attached hydrogens (tertiary/aromatic N) is 1. The van der Waals surface area contributed by atoms with E-state index in [1.165, 1.54) is 24.4 Å². The normalized spacial score (nSPS) is 14.5. The molecule has 0 saturated heterocycles. The molecule has 5 nitrogen and oxygen atoms in total. The van der Waals surface area contributed by atoms with E-state index in [-0.39, 0.29) is 21.1 Å². The Morgan fingerprint density at radius 2 is 1.69 bits per heavy atom. The molecule has 1 heterocycles. The molecule has 0 radical (unpaired) electrons. The maximum atomic E-state index is 14.1. The lowest BCUT2D eigenvalue weighted by molar-refractivity contribution is 0.104. The van der Waals surface area contributed by atoms with Gasteiger partial charge >= 0.3 is 0 Å². The van der Waals surface area contributed by atoms with Crippen LogP contribution in [0.4, 0.5) is 15.8 Å². The Kier molecular flexibility index (Phi) is 5.60. The first kappa shape index (κ1) is 21.8. The third kappa shape index (κ3) is 3.80. The molecule has 0 aromatic heterocycles. The molecule has 0 amide bonds. The number of anilines is 2. The SMILES string of the molecule is CCOc1ccc(C(=O)C2=CN(c3ccc(C)c(C)c3)c3cc(F)ccc3S2(=O)=O)cc1. The average Bonchev–Trinajstić information content (AvgIpc) is 2.76. The molecule has 1 aliphatic heterocycles. The third-order valence-electron chi connectivity index (χ3n) is 5.43. The van der Waals surface area contributed by atoms with E-state index < -0.39 is 21.4 Å². The summed E-state index contributed by atoms with van der Waals surface area (Å²) in [5.41, 5.74) is 3.06. The van der Waals surface area contributed by atoms with Crippen molar-refractivity contribution in [2.75, 3.05) is 11.5 Å². The lowest BCUT2D eigenvalue weighted by atomic mass is 10.1. The van der Waals surface area contributed by atoms with Gasteiger partial charge in [-0.1, -0.05) is 6.07 Å². The summed E-state index contributed by atoms with van der Waals surface area (Å²) in [5, 5.41) is 0. The molecule has 0 saturated carbocycles. The third-order valence-corrected chi connectivity index (χ3v) is 7.22. The van der Waals surface area contributed by atoms with Crippen LogP contribution in [0.25, 0.3) is 0 Å². The number of benzene rings is 3. The van der Waals surface area contributed by atoms with Gasteiger partial charge in [0.15, 0.2) is 0 Å². The van der Waals surface area contributed by atoms with Gasteiger partial charge in [-0.25, -0.2) is 12.8 Å². The Bertz CT molecular complexity index is 1340. The van der Waals surface area contributed by atoms with E-state index in [0.29, 0.717) is 18.0 Å². The van der Waals surface area contributed by atoms with E-state index >= 15 is 0 Å². The number of carbonyl (C=O) groups is 1. The molecule has 4 rings (SSSR count). The molecule has 0 aliphatic carbocycles. The van der Waals surface area contributed by atoms with Crippen LogP contribution < -0.4 is 9.64 Å². The van der Waals surface area contributed by atoms with E-state index in [9.17, 15) is 17.6 Å². The smallest absolute Gasteiger partial charge is 0.214 e. The molecule has 3 aromatic rings. The molecule has 32 heavy (non-hydrogen) atoms. The highest BCUT2D eigenvalue weighted by Gasteiger charge is 2.36. The molecule has 164 valence electrons. The number of hydrogen-bond donors (Lipinski definition) is 0. The summed E-state index contributed by atoms with van der Waals surface area (Å²) in [6.45, 7) is 6.22. The first-order valence-electron chi connectivity index (χ1n) is 10.1. The Morgan fingerprint density at radius 3 is 2.34 bits per heavy atom. The van der Waals surface area contributed by atoms with E-state index in [1.54, 1.807) is 17.0 Å². The van der Waals surface area contributed by atoms with Crippen LogP contribution in [0.15, 0.2) is 76.7 Å². The Morgan fingerprint density at radius 1 is 0.969 bits per heavy atom. The number of hydrogen-bond acceptors (Lipinski definition) is 5. The summed E-state index contributed by atoms with van der Waals surface area (Å²) >= 11 is 0. The van der Waals surface area contributed by atoms with Crippen molar-refractivity contribution < 1.29 is 22.3 Å². The topological polar surface area (TPSA) is 63.7 Å². The van der Waals surface area contributed by atoms with Crippen molar-refractivity contribution in [1.82, 2.24) is 0 Å². The van der Waals surface area contributed by atoms with Crippen LogP contribution in [0.1, 0.15) is 28.4 Å². The number of allylic oxidation sites excluding steroid dienone is 1. The highest BCUT2D eigenvalue weighted by molar-refractivity contribution is 7.96. The van der Waals surface area contributed by atoms with Gasteiger partial charge in [-0.2, -0.15) is 0 Å². The van der Waals surface area contributed by atoms with Gasteiger partial charge in [0.2, 0.25) is 15.6 Å². The lowest BCUT2D eigenvalue weighted by Crippen LogP contribution is -2.26. The van der Waals surface area contributed by atoms with Crippen LogP contribution in [-0.2, 0) is 9.84 Å². The van der Waals surface area contributed by atoms with Crippen molar-refractivity contribution in [2.45, 2.75) is 25.7 Å². The molecule has 3 aromatic carbocycles. The van der Waals surface area contributed by atoms with Crippen LogP contribution in [0.3, 0.4) is 0 Å². The summed E-state index contributed by atoms with van der Waals surface area (Å²) in [6, 6.07) is 15.3. The number of halogens is 1. The highest BCUT2D eigenvalue weighted by atomic mass is 32.2. The quantitative estimate of drug-likeness (QED) is 0.379. The summed E-state index contributed by atoms with van der Waals surface area (Å²) < 4.78 is 46.1. The van der Waals surface area contributed by atoms with Gasteiger partial charge in [-0.15, -0.1) is 0 Å². The Balaban J connectivity index is 1.87. The van der Waals surface area contributed by atoms with Crippen molar-refractivity contribution in [3.05, 3.63) is 94.3 Å². The van der Waals surface area contributed by atoms with Gasteiger partial charge in [0.25, 0.3) is 0 Å². The molecule has 0 N–H and O–H groups in total. The number of ether oxygens (including phenoxy) is 1. The number of rotatable bonds is 5. The van der Waals surface area contributed by atoms with Crippen LogP contribution in [0.5, 0.6) is 5.75 Å². The predicted octanol–water partition coefficient (Wildman–Crippen LogP) is 5.49. The second kappa shape index (κ2) is 8.24. The van der Waals surface area contributed by atoms with Crippen molar-refractivity contribution in [3.8, 4) is 5.75 Å². The van der Waals surface area contributed by atoms with Gasteiger partial charge in [-0.3, -0.25) is 4.79 Å². The van der Waals surface area contributed by atoms with E-state index in [4.69, 9.17) is 4.74 Å². The van der Waals surface area contributed by atoms with Gasteiger partial charge in [-0.05, 0) is 86.5 Å². The van der Waals surface area contributed by atoms with Crippen molar-refractivity contribution >= 4 is 27.0 Å². The van der Waals surface area contributed by atoms with E-state index in [0.717, 1.165) is 23.3 Å². The van der Waals surface area contributed by atoms with E-state index in [1.807, 2.05) is 39.0 Å². The molecule has 0 unspecified atom stereocenters. The van der Waals surface area contributed by atoms with Crippen LogP contribution in [-0.4, -0.2) is 20.8 Å². The standard InChI is InChI=1S/C25H22FNO4S/c1-4-31-21-10-6-18(7-11-21)25(28)24-15-27(20-9-5-16(2)17(3)13-20)22-14-19(26)8-12-23(22)32(24,29)30/h5-15H,4H2,1-3H3. The van der Waals surface area contributed by atoms with Gasteiger partial charge in [0.05, 0.1) is 17.2 Å². The number of aryl methyl sites for hydroxylation is 2. The zero-order valence-corrected chi connectivity index (χ0v) is 18.7. The summed E-state index contributed by atoms with van der Waals surface area (Å²) in [6.07, 6.45) is 1.28. The summed E-state index contributed by atoms with van der Waals surface area (Å²) in [5.74, 6) is -0.624. The second-order valence-corrected chi connectivity index (χ2v) is 9.42. The largest absolute Gasteiger partial charge is 0.494 e. The van der Waals surface area contributed by atoms with Crippen molar-refractivity contribution in [3.63, 3.8) is 0 Å². The monoisotopic (exact) mass is 451 g/mol. The Hall–Kier alpha value is -3.45.